The number of benzene rings is 8. The van der Waals surface area contributed by atoms with Crippen molar-refractivity contribution in [1.29, 1.82) is 0 Å². The predicted octanol–water partition coefficient (Wildman–Crippen LogP) is 13.7. The molecule has 11 aromatic rings. The van der Waals surface area contributed by atoms with Crippen molar-refractivity contribution in [2.75, 3.05) is 4.90 Å². The molecule has 0 saturated carbocycles. The lowest BCUT2D eigenvalue weighted by atomic mass is 10.0. The smallest absolute Gasteiger partial charge is 0.137 e. The summed E-state index contributed by atoms with van der Waals surface area (Å²) in [6, 6.07) is 64.3. The van der Waals surface area contributed by atoms with Gasteiger partial charge in [0.2, 0.25) is 0 Å². The van der Waals surface area contributed by atoms with E-state index in [1.54, 1.807) is 0 Å². The van der Waals surface area contributed by atoms with Crippen molar-refractivity contribution in [3.05, 3.63) is 182 Å². The highest BCUT2D eigenvalue weighted by atomic mass is 16.3. The Morgan fingerprint density at radius 3 is 1.85 bits per heavy atom. The van der Waals surface area contributed by atoms with Gasteiger partial charge in [0, 0.05) is 50.1 Å². The van der Waals surface area contributed by atoms with Gasteiger partial charge >= 0.3 is 0 Å². The van der Waals surface area contributed by atoms with Crippen molar-refractivity contribution in [2.24, 2.45) is 0 Å². The van der Waals surface area contributed by atoms with Crippen molar-refractivity contribution in [2.45, 2.75) is 0 Å². The molecule has 11 rings (SSSR count). The molecule has 0 amide bonds. The second-order valence-corrected chi connectivity index (χ2v) is 13.3. The van der Waals surface area contributed by atoms with Crippen LogP contribution in [-0.4, -0.2) is 4.57 Å². The van der Waals surface area contributed by atoms with Crippen LogP contribution in [0.25, 0.3) is 82.5 Å². The standard InChI is InChI=1S/C48H30N2O2/c1-3-12-31(13-4-1)32-22-25-36-40-29-34(24-27-41(40)50(43(36)28-32)33-14-5-2-6-15-33)49(35-23-26-38-37-16-7-9-19-44(37)52-47(38)30-35)42-18-11-21-46-48(42)39-17-8-10-20-45(39)51-46/h1-30H. The maximum Gasteiger partial charge on any atom is 0.137 e. The topological polar surface area (TPSA) is 34.5 Å². The Bertz CT molecular complexity index is 3130. The van der Waals surface area contributed by atoms with E-state index in [1.807, 2.05) is 24.3 Å². The van der Waals surface area contributed by atoms with E-state index in [9.17, 15) is 0 Å². The second kappa shape index (κ2) is 11.2. The molecule has 0 atom stereocenters. The third kappa shape index (κ3) is 4.34. The van der Waals surface area contributed by atoms with Gasteiger partial charge in [0.05, 0.1) is 22.1 Å². The first-order valence-electron chi connectivity index (χ1n) is 17.6. The molecule has 0 aliphatic heterocycles. The predicted molar refractivity (Wildman–Crippen MR) is 215 cm³/mol. The quantitative estimate of drug-likeness (QED) is 0.183. The average molecular weight is 667 g/mol. The molecule has 0 saturated heterocycles. The fourth-order valence-corrected chi connectivity index (χ4v) is 8.04. The highest BCUT2D eigenvalue weighted by Gasteiger charge is 2.22. The molecule has 0 bridgehead atoms. The summed E-state index contributed by atoms with van der Waals surface area (Å²) in [6.07, 6.45) is 0. The highest BCUT2D eigenvalue weighted by molar-refractivity contribution is 6.15. The van der Waals surface area contributed by atoms with Crippen LogP contribution in [0.15, 0.2) is 191 Å². The van der Waals surface area contributed by atoms with Gasteiger partial charge < -0.3 is 18.3 Å². The van der Waals surface area contributed by atoms with E-state index in [1.165, 1.54) is 21.9 Å². The van der Waals surface area contributed by atoms with Crippen LogP contribution in [0.1, 0.15) is 0 Å². The fourth-order valence-electron chi connectivity index (χ4n) is 8.04. The zero-order chi connectivity index (χ0) is 34.2. The van der Waals surface area contributed by atoms with Crippen LogP contribution >= 0.6 is 0 Å². The lowest BCUT2D eigenvalue weighted by Gasteiger charge is -2.26. The van der Waals surface area contributed by atoms with E-state index in [4.69, 9.17) is 8.83 Å². The number of anilines is 3. The van der Waals surface area contributed by atoms with Crippen molar-refractivity contribution in [3.8, 4) is 16.8 Å². The molecule has 0 aliphatic rings. The number of para-hydroxylation sites is 3. The molecule has 3 heterocycles. The first-order valence-corrected chi connectivity index (χ1v) is 17.6. The largest absolute Gasteiger partial charge is 0.456 e. The summed E-state index contributed by atoms with van der Waals surface area (Å²) < 4.78 is 15.2. The van der Waals surface area contributed by atoms with Crippen LogP contribution in [0.2, 0.25) is 0 Å². The van der Waals surface area contributed by atoms with Gasteiger partial charge in [-0.05, 0) is 83.9 Å². The van der Waals surface area contributed by atoms with Gasteiger partial charge in [-0.1, -0.05) is 103 Å². The summed E-state index contributed by atoms with van der Waals surface area (Å²) in [5, 5.41) is 6.74. The zero-order valence-electron chi connectivity index (χ0n) is 28.0. The monoisotopic (exact) mass is 666 g/mol. The number of hydrogen-bond acceptors (Lipinski definition) is 3. The maximum absolute atomic E-state index is 6.44. The van der Waals surface area contributed by atoms with E-state index in [0.29, 0.717) is 0 Å². The first kappa shape index (κ1) is 28.8. The third-order valence-electron chi connectivity index (χ3n) is 10.4. The molecule has 0 unspecified atom stereocenters. The van der Waals surface area contributed by atoms with E-state index in [-0.39, 0.29) is 0 Å². The van der Waals surface area contributed by atoms with Gasteiger partial charge in [0.25, 0.3) is 0 Å². The lowest BCUT2D eigenvalue weighted by Crippen LogP contribution is -2.10. The van der Waals surface area contributed by atoms with Gasteiger partial charge in [-0.15, -0.1) is 0 Å². The summed E-state index contributed by atoms with van der Waals surface area (Å²) in [6.45, 7) is 0. The van der Waals surface area contributed by atoms with Gasteiger partial charge in [0.15, 0.2) is 0 Å². The number of hydrogen-bond donors (Lipinski definition) is 0. The molecule has 244 valence electrons. The molecule has 3 aromatic heterocycles. The minimum atomic E-state index is 0.850. The van der Waals surface area contributed by atoms with Crippen LogP contribution in [0.3, 0.4) is 0 Å². The molecule has 0 spiro atoms. The molecule has 4 heteroatoms. The molecule has 8 aromatic carbocycles. The van der Waals surface area contributed by atoms with Crippen molar-refractivity contribution in [3.63, 3.8) is 0 Å². The van der Waals surface area contributed by atoms with Crippen LogP contribution in [0.4, 0.5) is 17.1 Å². The Morgan fingerprint density at radius 1 is 0.365 bits per heavy atom. The van der Waals surface area contributed by atoms with Crippen LogP contribution < -0.4 is 4.90 Å². The lowest BCUT2D eigenvalue weighted by molar-refractivity contribution is 0.669. The Balaban J connectivity index is 1.19. The first-order chi connectivity index (χ1) is 25.8. The summed E-state index contributed by atoms with van der Waals surface area (Å²) >= 11 is 0. The Kier molecular flexibility index (Phi) is 6.22. The minimum Gasteiger partial charge on any atom is -0.456 e. The molecule has 0 radical (unpaired) electrons. The third-order valence-corrected chi connectivity index (χ3v) is 10.4. The second-order valence-electron chi connectivity index (χ2n) is 13.3. The van der Waals surface area contributed by atoms with Crippen LogP contribution in [0.5, 0.6) is 0 Å². The number of furan rings is 2. The molecular weight excluding hydrogens is 637 g/mol. The van der Waals surface area contributed by atoms with E-state index in [2.05, 4.69) is 167 Å². The summed E-state index contributed by atoms with van der Waals surface area (Å²) in [5.41, 5.74) is 12.4. The van der Waals surface area contributed by atoms with Crippen molar-refractivity contribution < 1.29 is 8.83 Å². The molecule has 52 heavy (non-hydrogen) atoms. The number of rotatable bonds is 5. The Hall–Kier alpha value is -7.04. The molecule has 0 aliphatic carbocycles. The van der Waals surface area contributed by atoms with Gasteiger partial charge in [-0.2, -0.15) is 0 Å². The fraction of sp³-hybridized carbons (Fsp3) is 0. The normalized spacial score (nSPS) is 11.8. The number of fused-ring (bicyclic) bond motifs is 9. The highest BCUT2D eigenvalue weighted by Crippen LogP contribution is 2.46. The van der Waals surface area contributed by atoms with Gasteiger partial charge in [-0.3, -0.25) is 0 Å². The number of nitrogens with zero attached hydrogens (tertiary/aromatic N) is 2. The van der Waals surface area contributed by atoms with Crippen LogP contribution in [-0.2, 0) is 0 Å². The Morgan fingerprint density at radius 2 is 1.00 bits per heavy atom. The number of aromatic nitrogens is 1. The SMILES string of the molecule is c1ccc(-c2ccc3c4cc(N(c5ccc6c(c5)oc5ccccc56)c5cccc6oc7ccccc7c56)ccc4n(-c4ccccc4)c3c2)cc1. The average Bonchev–Trinajstić information content (AvgIpc) is 3.88. The minimum absolute atomic E-state index is 0.850. The van der Waals surface area contributed by atoms with E-state index >= 15 is 0 Å². The Labute approximate surface area is 299 Å². The maximum atomic E-state index is 6.44. The van der Waals surface area contributed by atoms with Gasteiger partial charge in [0.1, 0.15) is 22.3 Å². The van der Waals surface area contributed by atoms with E-state index < -0.39 is 0 Å². The zero-order valence-corrected chi connectivity index (χ0v) is 28.0. The summed E-state index contributed by atoms with van der Waals surface area (Å²) in [4.78, 5) is 2.35. The van der Waals surface area contributed by atoms with Crippen molar-refractivity contribution >= 4 is 82.7 Å². The van der Waals surface area contributed by atoms with Crippen molar-refractivity contribution in [1.82, 2.24) is 4.57 Å². The molecule has 4 nitrogen and oxygen atoms in total. The summed E-state index contributed by atoms with van der Waals surface area (Å²) in [5.74, 6) is 0. The van der Waals surface area contributed by atoms with E-state index in [0.717, 1.165) is 77.7 Å². The molecule has 0 fully saturated rings. The van der Waals surface area contributed by atoms with Gasteiger partial charge in [-0.25, -0.2) is 0 Å². The summed E-state index contributed by atoms with van der Waals surface area (Å²) in [7, 11) is 0. The molecule has 0 N–H and O–H groups in total. The van der Waals surface area contributed by atoms with Crippen LogP contribution in [0, 0.1) is 0 Å². The molecular formula is C48H30N2O2.